The average molecular weight is 372 g/mol. The monoisotopic (exact) mass is 371 g/mol. The molecule has 6 heteroatoms. The second-order valence-corrected chi connectivity index (χ2v) is 7.45. The summed E-state index contributed by atoms with van der Waals surface area (Å²) < 4.78 is 14.9. The van der Waals surface area contributed by atoms with E-state index in [1.807, 2.05) is 26.8 Å². The van der Waals surface area contributed by atoms with Gasteiger partial charge >= 0.3 is 0 Å². The van der Waals surface area contributed by atoms with E-state index in [4.69, 9.17) is 11.6 Å². The van der Waals surface area contributed by atoms with Crippen molar-refractivity contribution in [2.75, 3.05) is 5.32 Å². The van der Waals surface area contributed by atoms with Gasteiger partial charge in [0.2, 0.25) is 0 Å². The van der Waals surface area contributed by atoms with E-state index in [2.05, 4.69) is 10.4 Å². The van der Waals surface area contributed by atoms with Gasteiger partial charge in [-0.25, -0.2) is 9.07 Å². The topological polar surface area (TPSA) is 46.9 Å². The Kier molecular flexibility index (Phi) is 4.83. The summed E-state index contributed by atoms with van der Waals surface area (Å²) in [4.78, 5) is 12.6. The average Bonchev–Trinajstić information content (AvgIpc) is 2.99. The SMILES string of the molecule is CC(C)(C)c1cc(NC(=O)c2cccc(Cl)c2)n(-c2ccc(F)cc2)n1. The summed E-state index contributed by atoms with van der Waals surface area (Å²) in [6.45, 7) is 6.10. The van der Waals surface area contributed by atoms with E-state index >= 15 is 0 Å². The number of hydrogen-bond acceptors (Lipinski definition) is 2. The molecule has 0 bridgehead atoms. The summed E-state index contributed by atoms with van der Waals surface area (Å²) in [6.07, 6.45) is 0. The molecule has 1 amide bonds. The highest BCUT2D eigenvalue weighted by molar-refractivity contribution is 6.31. The third kappa shape index (κ3) is 3.94. The van der Waals surface area contributed by atoms with Gasteiger partial charge < -0.3 is 5.32 Å². The van der Waals surface area contributed by atoms with Gasteiger partial charge in [0.15, 0.2) is 0 Å². The maximum atomic E-state index is 13.3. The lowest BCUT2D eigenvalue weighted by atomic mass is 9.92. The van der Waals surface area contributed by atoms with E-state index in [0.29, 0.717) is 22.1 Å². The van der Waals surface area contributed by atoms with Crippen molar-refractivity contribution in [1.82, 2.24) is 9.78 Å². The first-order valence-corrected chi connectivity index (χ1v) is 8.55. The summed E-state index contributed by atoms with van der Waals surface area (Å²) in [5, 5.41) is 7.95. The fraction of sp³-hybridized carbons (Fsp3) is 0.200. The van der Waals surface area contributed by atoms with Crippen molar-refractivity contribution in [3.8, 4) is 5.69 Å². The van der Waals surface area contributed by atoms with Crippen LogP contribution in [0.4, 0.5) is 10.2 Å². The van der Waals surface area contributed by atoms with Crippen molar-refractivity contribution >= 4 is 23.3 Å². The molecule has 0 saturated carbocycles. The number of anilines is 1. The molecule has 3 aromatic rings. The molecule has 134 valence electrons. The van der Waals surface area contributed by atoms with Crippen LogP contribution in [0.25, 0.3) is 5.69 Å². The Hall–Kier alpha value is -2.66. The zero-order valence-electron chi connectivity index (χ0n) is 14.8. The van der Waals surface area contributed by atoms with Gasteiger partial charge in [-0.1, -0.05) is 38.4 Å². The summed E-state index contributed by atoms with van der Waals surface area (Å²) in [5.74, 6) is -0.121. The normalized spacial score (nSPS) is 11.4. The van der Waals surface area contributed by atoms with Crippen LogP contribution in [-0.2, 0) is 5.41 Å². The van der Waals surface area contributed by atoms with E-state index in [-0.39, 0.29) is 17.1 Å². The van der Waals surface area contributed by atoms with Gasteiger partial charge in [-0.05, 0) is 42.5 Å². The molecule has 0 fully saturated rings. The lowest BCUT2D eigenvalue weighted by molar-refractivity contribution is 0.102. The van der Waals surface area contributed by atoms with Crippen molar-refractivity contribution in [2.24, 2.45) is 0 Å². The third-order valence-electron chi connectivity index (χ3n) is 3.88. The largest absolute Gasteiger partial charge is 0.306 e. The highest BCUT2D eigenvalue weighted by Gasteiger charge is 2.22. The number of halogens is 2. The van der Waals surface area contributed by atoms with Crippen LogP contribution in [0, 0.1) is 5.82 Å². The maximum Gasteiger partial charge on any atom is 0.256 e. The van der Waals surface area contributed by atoms with Crippen LogP contribution in [0.3, 0.4) is 0 Å². The molecule has 0 aliphatic carbocycles. The molecule has 3 rings (SSSR count). The van der Waals surface area contributed by atoms with Gasteiger partial charge in [0.1, 0.15) is 11.6 Å². The highest BCUT2D eigenvalue weighted by atomic mass is 35.5. The standard InChI is InChI=1S/C20H19ClFN3O/c1-20(2,3)17-12-18(23-19(26)13-5-4-6-14(21)11-13)25(24-17)16-9-7-15(22)8-10-16/h4-12H,1-3H3,(H,23,26). The lowest BCUT2D eigenvalue weighted by Crippen LogP contribution is -2.15. The molecule has 2 aromatic carbocycles. The van der Waals surface area contributed by atoms with Crippen LogP contribution in [-0.4, -0.2) is 15.7 Å². The van der Waals surface area contributed by atoms with E-state index in [9.17, 15) is 9.18 Å². The zero-order valence-corrected chi connectivity index (χ0v) is 15.5. The number of aromatic nitrogens is 2. The highest BCUT2D eigenvalue weighted by Crippen LogP contribution is 2.27. The van der Waals surface area contributed by atoms with Gasteiger partial charge in [0.25, 0.3) is 5.91 Å². The molecule has 0 radical (unpaired) electrons. The Labute approximate surface area is 156 Å². The van der Waals surface area contributed by atoms with E-state index in [0.717, 1.165) is 5.69 Å². The van der Waals surface area contributed by atoms with Gasteiger partial charge in [0.05, 0.1) is 11.4 Å². The number of nitrogens with one attached hydrogen (secondary N) is 1. The second-order valence-electron chi connectivity index (χ2n) is 7.02. The van der Waals surface area contributed by atoms with Crippen molar-refractivity contribution in [3.05, 3.63) is 76.7 Å². The molecule has 26 heavy (non-hydrogen) atoms. The molecule has 0 atom stereocenters. The number of carbonyl (C=O) groups excluding carboxylic acids is 1. The Balaban J connectivity index is 2.00. The minimum Gasteiger partial charge on any atom is -0.306 e. The van der Waals surface area contributed by atoms with Crippen LogP contribution < -0.4 is 5.32 Å². The minimum absolute atomic E-state index is 0.208. The third-order valence-corrected chi connectivity index (χ3v) is 4.11. The van der Waals surface area contributed by atoms with Crippen molar-refractivity contribution in [2.45, 2.75) is 26.2 Å². The summed E-state index contributed by atoms with van der Waals surface area (Å²) >= 11 is 5.96. The molecule has 0 saturated heterocycles. The predicted molar refractivity (Wildman–Crippen MR) is 102 cm³/mol. The molecule has 1 heterocycles. The Morgan fingerprint density at radius 3 is 2.42 bits per heavy atom. The van der Waals surface area contributed by atoms with Crippen molar-refractivity contribution in [1.29, 1.82) is 0 Å². The van der Waals surface area contributed by atoms with Crippen LogP contribution in [0.1, 0.15) is 36.8 Å². The number of rotatable bonds is 3. The van der Waals surface area contributed by atoms with E-state index in [1.165, 1.54) is 12.1 Å². The van der Waals surface area contributed by atoms with E-state index < -0.39 is 0 Å². The molecule has 1 N–H and O–H groups in total. The molecule has 4 nitrogen and oxygen atoms in total. The molecule has 0 unspecified atom stereocenters. The summed E-state index contributed by atoms with van der Waals surface area (Å²) in [7, 11) is 0. The molecular formula is C20H19ClFN3O. The molecule has 0 spiro atoms. The first-order chi connectivity index (χ1) is 12.2. The van der Waals surface area contributed by atoms with Gasteiger partial charge in [-0.15, -0.1) is 0 Å². The number of benzene rings is 2. The zero-order chi connectivity index (χ0) is 18.9. The lowest BCUT2D eigenvalue weighted by Gasteiger charge is -2.14. The fourth-order valence-corrected chi connectivity index (χ4v) is 2.62. The first kappa shape index (κ1) is 18.1. The second kappa shape index (κ2) is 6.92. The molecular weight excluding hydrogens is 353 g/mol. The van der Waals surface area contributed by atoms with Gasteiger partial charge in [0, 0.05) is 22.1 Å². The Morgan fingerprint density at radius 1 is 1.12 bits per heavy atom. The van der Waals surface area contributed by atoms with E-state index in [1.54, 1.807) is 41.1 Å². The van der Waals surface area contributed by atoms with Gasteiger partial charge in [-0.3, -0.25) is 4.79 Å². The molecule has 1 aromatic heterocycles. The number of nitrogens with zero attached hydrogens (tertiary/aromatic N) is 2. The number of amides is 1. The minimum atomic E-state index is -0.332. The Bertz CT molecular complexity index is 942. The maximum absolute atomic E-state index is 13.3. The Morgan fingerprint density at radius 2 is 1.81 bits per heavy atom. The van der Waals surface area contributed by atoms with Gasteiger partial charge in [-0.2, -0.15) is 5.10 Å². The smallest absolute Gasteiger partial charge is 0.256 e. The van der Waals surface area contributed by atoms with Crippen LogP contribution in [0.2, 0.25) is 5.02 Å². The molecule has 0 aliphatic rings. The summed E-state index contributed by atoms with van der Waals surface area (Å²) in [5.41, 5.74) is 1.70. The van der Waals surface area contributed by atoms with Crippen molar-refractivity contribution in [3.63, 3.8) is 0 Å². The predicted octanol–water partition coefficient (Wildman–Crippen LogP) is 5.21. The van der Waals surface area contributed by atoms with Crippen LogP contribution >= 0.6 is 11.6 Å². The fourth-order valence-electron chi connectivity index (χ4n) is 2.43. The van der Waals surface area contributed by atoms with Crippen molar-refractivity contribution < 1.29 is 9.18 Å². The summed E-state index contributed by atoms with van der Waals surface area (Å²) in [6, 6.07) is 14.5. The molecule has 0 aliphatic heterocycles. The number of hydrogen-bond donors (Lipinski definition) is 1. The number of carbonyl (C=O) groups is 1. The quantitative estimate of drug-likeness (QED) is 0.686. The van der Waals surface area contributed by atoms with Crippen LogP contribution in [0.5, 0.6) is 0 Å². The van der Waals surface area contributed by atoms with Crippen LogP contribution in [0.15, 0.2) is 54.6 Å². The first-order valence-electron chi connectivity index (χ1n) is 8.17.